The van der Waals surface area contributed by atoms with Gasteiger partial charge in [-0.2, -0.15) is 0 Å². The number of amides is 1. The second-order valence-electron chi connectivity index (χ2n) is 5.80. The van der Waals surface area contributed by atoms with Crippen LogP contribution in [0.3, 0.4) is 0 Å². The molecule has 4 nitrogen and oxygen atoms in total. The Morgan fingerprint density at radius 2 is 1.80 bits per heavy atom. The minimum absolute atomic E-state index is 0.0332. The Morgan fingerprint density at radius 3 is 2.48 bits per heavy atom. The third-order valence-corrected chi connectivity index (χ3v) is 3.76. The smallest absolute Gasteiger partial charge is 0.303 e. The number of hydrogen-bond donors (Lipinski definition) is 2. The fourth-order valence-corrected chi connectivity index (χ4v) is 2.55. The maximum Gasteiger partial charge on any atom is 0.303 e. The van der Waals surface area contributed by atoms with E-state index in [9.17, 15) is 18.4 Å². The summed E-state index contributed by atoms with van der Waals surface area (Å²) in [6.07, 6.45) is 0.321. The van der Waals surface area contributed by atoms with Crippen molar-refractivity contribution in [3.05, 3.63) is 71.3 Å². The van der Waals surface area contributed by atoms with E-state index < -0.39 is 29.6 Å². The summed E-state index contributed by atoms with van der Waals surface area (Å²) in [5.41, 5.74) is 0.921. The molecule has 25 heavy (non-hydrogen) atoms. The standard InChI is InChI=1S/C19H19F2NO3/c20-15-6-8-17(21)14(11-15)12-18(23)22-16(7-9-19(24)25)10-13-4-2-1-3-5-13/h1-6,8,11,16H,7,9-10,12H2,(H,22,23)(H,24,25). The van der Waals surface area contributed by atoms with Gasteiger partial charge in [-0.15, -0.1) is 0 Å². The van der Waals surface area contributed by atoms with Gasteiger partial charge in [0, 0.05) is 18.0 Å². The molecule has 0 aromatic heterocycles. The van der Waals surface area contributed by atoms with E-state index in [4.69, 9.17) is 5.11 Å². The highest BCUT2D eigenvalue weighted by Gasteiger charge is 2.16. The molecule has 0 spiro atoms. The molecular weight excluding hydrogens is 328 g/mol. The van der Waals surface area contributed by atoms with Crippen molar-refractivity contribution in [3.8, 4) is 0 Å². The summed E-state index contributed by atoms with van der Waals surface area (Å²) in [6.45, 7) is 0. The molecule has 0 saturated carbocycles. The summed E-state index contributed by atoms with van der Waals surface area (Å²) in [5.74, 6) is -2.70. The number of benzene rings is 2. The van der Waals surface area contributed by atoms with E-state index in [0.717, 1.165) is 23.8 Å². The first-order chi connectivity index (χ1) is 11.9. The number of aliphatic carboxylic acids is 1. The quantitative estimate of drug-likeness (QED) is 0.771. The third kappa shape index (κ3) is 6.33. The third-order valence-electron chi connectivity index (χ3n) is 3.76. The number of carbonyl (C=O) groups is 2. The van der Waals surface area contributed by atoms with Gasteiger partial charge in [0.2, 0.25) is 5.91 Å². The molecule has 1 amide bonds. The molecule has 0 saturated heterocycles. The van der Waals surface area contributed by atoms with Gasteiger partial charge in [-0.25, -0.2) is 8.78 Å². The molecule has 2 N–H and O–H groups in total. The summed E-state index contributed by atoms with van der Waals surface area (Å²) in [4.78, 5) is 23.0. The highest BCUT2D eigenvalue weighted by atomic mass is 19.1. The van der Waals surface area contributed by atoms with Crippen LogP contribution in [0.25, 0.3) is 0 Å². The summed E-state index contributed by atoms with van der Waals surface area (Å²) in [5, 5.41) is 11.6. The average molecular weight is 347 g/mol. The Kier molecular flexibility index (Phi) is 6.62. The maximum absolute atomic E-state index is 13.6. The van der Waals surface area contributed by atoms with Crippen LogP contribution in [-0.4, -0.2) is 23.0 Å². The van der Waals surface area contributed by atoms with Crippen LogP contribution in [0, 0.1) is 11.6 Å². The predicted molar refractivity (Wildman–Crippen MR) is 89.0 cm³/mol. The van der Waals surface area contributed by atoms with E-state index in [1.54, 1.807) is 0 Å². The molecule has 0 fully saturated rings. The Morgan fingerprint density at radius 1 is 1.08 bits per heavy atom. The summed E-state index contributed by atoms with van der Waals surface area (Å²) in [7, 11) is 0. The number of rotatable bonds is 8. The lowest BCUT2D eigenvalue weighted by Gasteiger charge is -2.18. The molecule has 0 aliphatic rings. The number of carboxylic acid groups (broad SMARTS) is 1. The Hall–Kier alpha value is -2.76. The highest BCUT2D eigenvalue weighted by Crippen LogP contribution is 2.12. The molecule has 0 bridgehead atoms. The monoisotopic (exact) mass is 347 g/mol. The van der Waals surface area contributed by atoms with Crippen molar-refractivity contribution < 1.29 is 23.5 Å². The molecule has 0 aliphatic heterocycles. The Balaban J connectivity index is 2.02. The molecule has 0 aliphatic carbocycles. The SMILES string of the molecule is O=C(O)CCC(Cc1ccccc1)NC(=O)Cc1cc(F)ccc1F. The fraction of sp³-hybridized carbons (Fsp3) is 0.263. The lowest BCUT2D eigenvalue weighted by molar-refractivity contribution is -0.137. The molecule has 0 heterocycles. The van der Waals surface area contributed by atoms with Crippen LogP contribution in [-0.2, 0) is 22.4 Å². The number of hydrogen-bond acceptors (Lipinski definition) is 2. The zero-order valence-electron chi connectivity index (χ0n) is 13.5. The molecule has 2 rings (SSSR count). The first kappa shape index (κ1) is 18.6. The van der Waals surface area contributed by atoms with Crippen LogP contribution in [0.1, 0.15) is 24.0 Å². The van der Waals surface area contributed by atoms with Gasteiger partial charge >= 0.3 is 5.97 Å². The van der Waals surface area contributed by atoms with E-state index in [0.29, 0.717) is 6.42 Å². The van der Waals surface area contributed by atoms with Crippen LogP contribution in [0.4, 0.5) is 8.78 Å². The Bertz CT molecular complexity index is 735. The van der Waals surface area contributed by atoms with Gasteiger partial charge < -0.3 is 10.4 Å². The van der Waals surface area contributed by atoms with Crippen molar-refractivity contribution in [3.63, 3.8) is 0 Å². The summed E-state index contributed by atoms with van der Waals surface area (Å²) >= 11 is 0. The van der Waals surface area contributed by atoms with Crippen molar-refractivity contribution in [1.29, 1.82) is 0 Å². The van der Waals surface area contributed by atoms with E-state index in [2.05, 4.69) is 5.32 Å². The molecular formula is C19H19F2NO3. The van der Waals surface area contributed by atoms with Crippen molar-refractivity contribution in [1.82, 2.24) is 5.32 Å². The molecule has 2 aromatic rings. The van der Waals surface area contributed by atoms with Gasteiger partial charge in [0.05, 0.1) is 6.42 Å². The minimum atomic E-state index is -0.955. The predicted octanol–water partition coefficient (Wildman–Crippen LogP) is 3.10. The molecule has 6 heteroatoms. The fourth-order valence-electron chi connectivity index (χ4n) is 2.55. The van der Waals surface area contributed by atoms with Crippen molar-refractivity contribution in [2.75, 3.05) is 0 Å². The first-order valence-corrected chi connectivity index (χ1v) is 7.93. The van der Waals surface area contributed by atoms with Crippen LogP contribution in [0.15, 0.2) is 48.5 Å². The van der Waals surface area contributed by atoms with Crippen LogP contribution >= 0.6 is 0 Å². The van der Waals surface area contributed by atoms with E-state index in [-0.39, 0.29) is 24.8 Å². The number of nitrogens with one attached hydrogen (secondary N) is 1. The van der Waals surface area contributed by atoms with Gasteiger partial charge in [0.25, 0.3) is 0 Å². The zero-order valence-corrected chi connectivity index (χ0v) is 13.5. The largest absolute Gasteiger partial charge is 0.481 e. The highest BCUT2D eigenvalue weighted by molar-refractivity contribution is 5.79. The molecule has 1 unspecified atom stereocenters. The maximum atomic E-state index is 13.6. The van der Waals surface area contributed by atoms with E-state index >= 15 is 0 Å². The van der Waals surface area contributed by atoms with E-state index in [1.165, 1.54) is 0 Å². The van der Waals surface area contributed by atoms with Crippen molar-refractivity contribution in [2.24, 2.45) is 0 Å². The zero-order chi connectivity index (χ0) is 18.2. The normalized spacial score (nSPS) is 11.8. The summed E-state index contributed by atoms with van der Waals surface area (Å²) in [6, 6.07) is 11.9. The average Bonchev–Trinajstić information content (AvgIpc) is 2.57. The molecule has 1 atom stereocenters. The van der Waals surface area contributed by atoms with Gasteiger partial charge in [-0.1, -0.05) is 30.3 Å². The Labute approximate surface area is 144 Å². The molecule has 132 valence electrons. The number of halogens is 2. The molecule has 2 aromatic carbocycles. The topological polar surface area (TPSA) is 66.4 Å². The first-order valence-electron chi connectivity index (χ1n) is 7.93. The van der Waals surface area contributed by atoms with Crippen molar-refractivity contribution >= 4 is 11.9 Å². The van der Waals surface area contributed by atoms with E-state index in [1.807, 2.05) is 30.3 Å². The van der Waals surface area contributed by atoms with Gasteiger partial charge in [-0.05, 0) is 36.6 Å². The van der Waals surface area contributed by atoms with Crippen LogP contribution < -0.4 is 5.32 Å². The van der Waals surface area contributed by atoms with Gasteiger partial charge in [0.1, 0.15) is 11.6 Å². The van der Waals surface area contributed by atoms with Crippen LogP contribution in [0.5, 0.6) is 0 Å². The second kappa shape index (κ2) is 8.92. The van der Waals surface area contributed by atoms with Crippen LogP contribution in [0.2, 0.25) is 0 Å². The van der Waals surface area contributed by atoms with Gasteiger partial charge in [0.15, 0.2) is 0 Å². The van der Waals surface area contributed by atoms with Gasteiger partial charge in [-0.3, -0.25) is 9.59 Å². The second-order valence-corrected chi connectivity index (χ2v) is 5.80. The number of carboxylic acids is 1. The summed E-state index contributed by atoms with van der Waals surface area (Å²) < 4.78 is 26.8. The lowest BCUT2D eigenvalue weighted by Crippen LogP contribution is -2.38. The lowest BCUT2D eigenvalue weighted by atomic mass is 10.0. The number of carbonyl (C=O) groups excluding carboxylic acids is 1. The molecule has 0 radical (unpaired) electrons. The van der Waals surface area contributed by atoms with Crippen molar-refractivity contribution in [2.45, 2.75) is 31.7 Å². The minimum Gasteiger partial charge on any atom is -0.481 e.